The van der Waals surface area contributed by atoms with Gasteiger partial charge in [0.1, 0.15) is 10.6 Å². The summed E-state index contributed by atoms with van der Waals surface area (Å²) in [5.74, 6) is 0.640. The molecule has 1 N–H and O–H groups in total. The highest BCUT2D eigenvalue weighted by Gasteiger charge is 2.20. The maximum absolute atomic E-state index is 12.9. The molecule has 1 amide bonds. The van der Waals surface area contributed by atoms with Crippen LogP contribution >= 0.6 is 11.3 Å². The summed E-state index contributed by atoms with van der Waals surface area (Å²) < 4.78 is 6.86. The minimum Gasteiger partial charge on any atom is -0.496 e. The van der Waals surface area contributed by atoms with Crippen molar-refractivity contribution in [1.82, 2.24) is 14.9 Å². The van der Waals surface area contributed by atoms with Crippen LogP contribution in [0.5, 0.6) is 5.75 Å². The van der Waals surface area contributed by atoms with Crippen LogP contribution in [-0.2, 0) is 30.7 Å². The predicted octanol–water partition coefficient (Wildman–Crippen LogP) is 3.05. The molecule has 0 fully saturated rings. The number of thiophene rings is 1. The number of methoxy groups -OCH3 is 1. The van der Waals surface area contributed by atoms with Crippen LogP contribution < -0.4 is 15.6 Å². The fraction of sp³-hybridized carbons (Fsp3) is 0.381. The van der Waals surface area contributed by atoms with Crippen molar-refractivity contribution in [2.45, 2.75) is 45.2 Å². The van der Waals surface area contributed by atoms with E-state index >= 15 is 0 Å². The van der Waals surface area contributed by atoms with Gasteiger partial charge in [0.05, 0.1) is 18.8 Å². The highest BCUT2D eigenvalue weighted by atomic mass is 32.1. The molecule has 146 valence electrons. The van der Waals surface area contributed by atoms with Crippen LogP contribution in [0, 0.1) is 0 Å². The Kier molecular flexibility index (Phi) is 5.43. The summed E-state index contributed by atoms with van der Waals surface area (Å²) in [6, 6.07) is 7.58. The molecule has 0 spiro atoms. The van der Waals surface area contributed by atoms with Crippen molar-refractivity contribution in [2.24, 2.45) is 0 Å². The SMILES string of the molecule is COc1ccccc1CNC(=O)CCn1cnc2sc3c(c2c1=O)CCCC3. The van der Waals surface area contributed by atoms with Crippen LogP contribution in [0.3, 0.4) is 0 Å². The lowest BCUT2D eigenvalue weighted by Gasteiger charge is -2.11. The third-order valence-corrected chi connectivity index (χ3v) is 6.39. The number of nitrogens with zero attached hydrogens (tertiary/aromatic N) is 2. The Hall–Kier alpha value is -2.67. The van der Waals surface area contributed by atoms with E-state index < -0.39 is 0 Å². The van der Waals surface area contributed by atoms with Crippen molar-refractivity contribution in [1.29, 1.82) is 0 Å². The summed E-state index contributed by atoms with van der Waals surface area (Å²) in [7, 11) is 1.61. The normalized spacial score (nSPS) is 13.3. The molecule has 4 rings (SSSR count). The Labute approximate surface area is 167 Å². The van der Waals surface area contributed by atoms with E-state index in [9.17, 15) is 9.59 Å². The first-order chi connectivity index (χ1) is 13.7. The lowest BCUT2D eigenvalue weighted by molar-refractivity contribution is -0.121. The molecule has 3 aromatic rings. The quantitative estimate of drug-likeness (QED) is 0.694. The largest absolute Gasteiger partial charge is 0.496 e. The minimum absolute atomic E-state index is 0.0260. The fourth-order valence-corrected chi connectivity index (χ4v) is 4.91. The molecule has 6 nitrogen and oxygen atoms in total. The topological polar surface area (TPSA) is 73.2 Å². The van der Waals surface area contributed by atoms with Gasteiger partial charge in [0, 0.05) is 30.0 Å². The van der Waals surface area contributed by atoms with Gasteiger partial charge in [-0.3, -0.25) is 14.2 Å². The molecule has 7 heteroatoms. The number of nitrogens with one attached hydrogen (secondary N) is 1. The number of rotatable bonds is 6. The van der Waals surface area contributed by atoms with Crippen LogP contribution in [-0.4, -0.2) is 22.6 Å². The Bertz CT molecular complexity index is 1070. The molecule has 0 saturated carbocycles. The summed E-state index contributed by atoms with van der Waals surface area (Å²) in [6.07, 6.45) is 6.10. The first-order valence-corrected chi connectivity index (χ1v) is 10.4. The highest BCUT2D eigenvalue weighted by Crippen LogP contribution is 2.33. The van der Waals surface area contributed by atoms with Gasteiger partial charge < -0.3 is 10.1 Å². The van der Waals surface area contributed by atoms with Crippen LogP contribution in [0.2, 0.25) is 0 Å². The van der Waals surface area contributed by atoms with Gasteiger partial charge in [-0.1, -0.05) is 18.2 Å². The zero-order valence-electron chi connectivity index (χ0n) is 15.9. The number of ether oxygens (including phenoxy) is 1. The van der Waals surface area contributed by atoms with E-state index in [4.69, 9.17) is 4.74 Å². The third-order valence-electron chi connectivity index (χ3n) is 5.19. The molecule has 0 atom stereocenters. The molecule has 1 aromatic carbocycles. The molecule has 0 unspecified atom stereocenters. The second kappa shape index (κ2) is 8.14. The summed E-state index contributed by atoms with van der Waals surface area (Å²) in [4.78, 5) is 31.8. The Morgan fingerprint density at radius 2 is 2.11 bits per heavy atom. The van der Waals surface area contributed by atoms with Crippen molar-refractivity contribution in [3.05, 3.63) is 57.0 Å². The number of hydrogen-bond donors (Lipinski definition) is 1. The number of benzene rings is 1. The van der Waals surface area contributed by atoms with Crippen LogP contribution in [0.15, 0.2) is 35.4 Å². The van der Waals surface area contributed by atoms with Crippen LogP contribution in [0.1, 0.15) is 35.3 Å². The second-order valence-electron chi connectivity index (χ2n) is 6.97. The number of para-hydroxylation sites is 1. The van der Waals surface area contributed by atoms with Gasteiger partial charge in [-0.05, 0) is 37.3 Å². The lowest BCUT2D eigenvalue weighted by Crippen LogP contribution is -2.27. The van der Waals surface area contributed by atoms with Gasteiger partial charge in [0.25, 0.3) is 5.56 Å². The van der Waals surface area contributed by atoms with Gasteiger partial charge in [-0.2, -0.15) is 0 Å². The standard InChI is InChI=1S/C21H23N3O3S/c1-27-16-8-4-2-6-14(16)12-22-18(25)10-11-24-13-23-20-19(21(24)26)15-7-3-5-9-17(15)28-20/h2,4,6,8,13H,3,5,7,9-12H2,1H3,(H,22,25). The average molecular weight is 398 g/mol. The number of hydrogen-bond acceptors (Lipinski definition) is 5. The highest BCUT2D eigenvalue weighted by molar-refractivity contribution is 7.18. The lowest BCUT2D eigenvalue weighted by atomic mass is 9.97. The summed E-state index contributed by atoms with van der Waals surface area (Å²) in [5.41, 5.74) is 2.07. The van der Waals surface area contributed by atoms with Crippen LogP contribution in [0.4, 0.5) is 0 Å². The van der Waals surface area contributed by atoms with Crippen molar-refractivity contribution in [3.8, 4) is 5.75 Å². The van der Waals surface area contributed by atoms with Gasteiger partial charge in [0.2, 0.25) is 5.91 Å². The molecule has 0 saturated heterocycles. The Balaban J connectivity index is 1.43. The number of carbonyl (C=O) groups is 1. The molecule has 0 bridgehead atoms. The monoisotopic (exact) mass is 397 g/mol. The molecule has 1 aliphatic rings. The second-order valence-corrected chi connectivity index (χ2v) is 8.06. The first kappa shape index (κ1) is 18.7. The van der Waals surface area contributed by atoms with Gasteiger partial charge in [0.15, 0.2) is 0 Å². The Morgan fingerprint density at radius 1 is 1.29 bits per heavy atom. The molecule has 0 radical (unpaired) electrons. The molecule has 2 heterocycles. The summed E-state index contributed by atoms with van der Waals surface area (Å²) in [5, 5.41) is 3.65. The van der Waals surface area contributed by atoms with Crippen molar-refractivity contribution < 1.29 is 9.53 Å². The van der Waals surface area contributed by atoms with Gasteiger partial charge >= 0.3 is 0 Å². The molecular weight excluding hydrogens is 374 g/mol. The van der Waals surface area contributed by atoms with E-state index in [0.717, 1.165) is 40.8 Å². The van der Waals surface area contributed by atoms with E-state index in [1.54, 1.807) is 29.3 Å². The number of amides is 1. The maximum Gasteiger partial charge on any atom is 0.262 e. The fourth-order valence-electron chi connectivity index (χ4n) is 3.69. The van der Waals surface area contributed by atoms with E-state index in [1.165, 1.54) is 16.9 Å². The molecule has 0 aliphatic heterocycles. The van der Waals surface area contributed by atoms with E-state index in [1.807, 2.05) is 24.3 Å². The molecule has 28 heavy (non-hydrogen) atoms. The van der Waals surface area contributed by atoms with Crippen molar-refractivity contribution in [3.63, 3.8) is 0 Å². The predicted molar refractivity (Wildman–Crippen MR) is 110 cm³/mol. The first-order valence-electron chi connectivity index (χ1n) is 9.55. The smallest absolute Gasteiger partial charge is 0.262 e. The van der Waals surface area contributed by atoms with Crippen molar-refractivity contribution in [2.75, 3.05) is 7.11 Å². The number of aryl methyl sites for hydroxylation is 3. The van der Waals surface area contributed by atoms with Gasteiger partial charge in [-0.15, -0.1) is 11.3 Å². The van der Waals surface area contributed by atoms with Gasteiger partial charge in [-0.25, -0.2) is 4.98 Å². The molecule has 1 aliphatic carbocycles. The number of fused-ring (bicyclic) bond motifs is 3. The molecule has 2 aromatic heterocycles. The van der Waals surface area contributed by atoms with E-state index in [2.05, 4.69) is 10.3 Å². The Morgan fingerprint density at radius 3 is 2.96 bits per heavy atom. The maximum atomic E-state index is 12.9. The minimum atomic E-state index is -0.106. The van der Waals surface area contributed by atoms with Crippen LogP contribution in [0.25, 0.3) is 10.2 Å². The zero-order valence-corrected chi connectivity index (χ0v) is 16.7. The average Bonchev–Trinajstić information content (AvgIpc) is 3.11. The number of carbonyl (C=O) groups excluding carboxylic acids is 1. The summed E-state index contributed by atoms with van der Waals surface area (Å²) in [6.45, 7) is 0.719. The zero-order chi connectivity index (χ0) is 19.5. The third kappa shape index (κ3) is 3.67. The van der Waals surface area contributed by atoms with E-state index in [-0.39, 0.29) is 17.9 Å². The van der Waals surface area contributed by atoms with E-state index in [0.29, 0.717) is 13.1 Å². The number of aromatic nitrogens is 2. The van der Waals surface area contributed by atoms with Crippen molar-refractivity contribution >= 4 is 27.5 Å². The summed E-state index contributed by atoms with van der Waals surface area (Å²) >= 11 is 1.64. The molecular formula is C21H23N3O3S.